The van der Waals surface area contributed by atoms with Gasteiger partial charge in [-0.3, -0.25) is 0 Å². The van der Waals surface area contributed by atoms with Gasteiger partial charge in [0.15, 0.2) is 6.73 Å². The van der Waals surface area contributed by atoms with Gasteiger partial charge in [0.05, 0.1) is 26.2 Å². The van der Waals surface area contributed by atoms with Gasteiger partial charge >= 0.3 is 6.18 Å². The molecule has 0 amide bonds. The summed E-state index contributed by atoms with van der Waals surface area (Å²) in [5, 5.41) is 8.78. The molecule has 0 bridgehead atoms. The molecule has 0 radical (unpaired) electrons. The summed E-state index contributed by atoms with van der Waals surface area (Å²) in [4.78, 5) is 8.78. The molecule has 1 heterocycles. The first-order valence-corrected chi connectivity index (χ1v) is 6.48. The zero-order valence-electron chi connectivity index (χ0n) is 11.5. The van der Waals surface area contributed by atoms with Gasteiger partial charge in [0.2, 0.25) is 0 Å². The Morgan fingerprint density at radius 2 is 1.74 bits per heavy atom. The Bertz CT molecular complexity index is 263. The maximum Gasteiger partial charge on any atom is 0.430 e. The number of ether oxygens (including phenoxy) is 1. The van der Waals surface area contributed by atoms with E-state index in [0.717, 1.165) is 19.8 Å². The fraction of sp³-hybridized carbons (Fsp3) is 0.917. The maximum atomic E-state index is 10.5. The molecule has 4 nitrogen and oxygen atoms in total. The van der Waals surface area contributed by atoms with Crippen molar-refractivity contribution in [2.45, 2.75) is 39.3 Å². The van der Waals surface area contributed by atoms with Crippen LogP contribution in [0.15, 0.2) is 0 Å². The van der Waals surface area contributed by atoms with Crippen LogP contribution in [0.4, 0.5) is 13.2 Å². The Morgan fingerprint density at radius 3 is 2.05 bits per heavy atom. The van der Waals surface area contributed by atoms with Gasteiger partial charge in [0.1, 0.15) is 5.97 Å². The number of rotatable bonds is 5. The highest BCUT2D eigenvalue weighted by atomic mass is 19.4. The van der Waals surface area contributed by atoms with E-state index in [-0.39, 0.29) is 0 Å². The molecule has 0 saturated carbocycles. The normalized spacial score (nSPS) is 17.7. The Labute approximate surface area is 111 Å². The van der Waals surface area contributed by atoms with E-state index in [0.29, 0.717) is 0 Å². The van der Waals surface area contributed by atoms with Crippen LogP contribution in [-0.4, -0.2) is 49.6 Å². The van der Waals surface area contributed by atoms with Crippen LogP contribution in [0.3, 0.4) is 0 Å². The van der Waals surface area contributed by atoms with Crippen LogP contribution >= 0.6 is 0 Å². The van der Waals surface area contributed by atoms with Crippen molar-refractivity contribution >= 4 is 5.97 Å². The van der Waals surface area contributed by atoms with Gasteiger partial charge < -0.3 is 19.1 Å². The van der Waals surface area contributed by atoms with Crippen molar-refractivity contribution in [3.63, 3.8) is 0 Å². The van der Waals surface area contributed by atoms with E-state index in [1.54, 1.807) is 0 Å². The molecule has 1 aliphatic heterocycles. The molecule has 0 N–H and O–H groups in total. The molecule has 0 aromatic carbocycles. The predicted octanol–water partition coefficient (Wildman–Crippen LogP) is 1.30. The lowest BCUT2D eigenvalue weighted by Gasteiger charge is -2.32. The largest absolute Gasteiger partial charge is 0.542 e. The fourth-order valence-corrected chi connectivity index (χ4v) is 1.95. The average Bonchev–Trinajstić information content (AvgIpc) is 2.78. The summed E-state index contributed by atoms with van der Waals surface area (Å²) >= 11 is 0. The number of nitrogens with zero attached hydrogens (tertiary/aromatic N) is 1. The number of likely N-dealkylation sites (tertiary alicyclic amines) is 1. The highest BCUT2D eigenvalue weighted by molar-refractivity contribution is 5.70. The number of hydrogen-bond donors (Lipinski definition) is 0. The predicted molar refractivity (Wildman–Crippen MR) is 61.9 cm³/mol. The highest BCUT2D eigenvalue weighted by Crippen LogP contribution is 2.18. The SMILES string of the molecule is CCCOC[N+]1(CC)CCCC1.O=C([O-])C(F)(F)F. The molecule has 0 aromatic rings. The van der Waals surface area contributed by atoms with Crippen molar-refractivity contribution < 1.29 is 32.3 Å². The monoisotopic (exact) mass is 285 g/mol. The maximum absolute atomic E-state index is 10.5. The van der Waals surface area contributed by atoms with Crippen LogP contribution in [0.1, 0.15) is 33.1 Å². The van der Waals surface area contributed by atoms with Crippen LogP contribution in [0.25, 0.3) is 0 Å². The average molecular weight is 285 g/mol. The van der Waals surface area contributed by atoms with Gasteiger partial charge in [-0.2, -0.15) is 13.2 Å². The molecule has 0 atom stereocenters. The van der Waals surface area contributed by atoms with Crippen LogP contribution < -0.4 is 5.11 Å². The zero-order valence-corrected chi connectivity index (χ0v) is 11.5. The van der Waals surface area contributed by atoms with E-state index in [4.69, 9.17) is 14.6 Å². The number of carboxylic acids is 1. The van der Waals surface area contributed by atoms with Crippen molar-refractivity contribution in [3.05, 3.63) is 0 Å². The second kappa shape index (κ2) is 8.37. The van der Waals surface area contributed by atoms with Crippen LogP contribution in [0, 0.1) is 0 Å². The minimum Gasteiger partial charge on any atom is -0.542 e. The summed E-state index contributed by atoms with van der Waals surface area (Å²) in [7, 11) is 0. The smallest absolute Gasteiger partial charge is 0.430 e. The number of carbonyl (C=O) groups is 1. The van der Waals surface area contributed by atoms with Crippen molar-refractivity contribution in [2.75, 3.05) is 33.0 Å². The lowest BCUT2D eigenvalue weighted by atomic mass is 10.4. The number of carboxylic acid groups (broad SMARTS) is 1. The van der Waals surface area contributed by atoms with Crippen molar-refractivity contribution in [1.82, 2.24) is 0 Å². The lowest BCUT2D eigenvalue weighted by molar-refractivity contribution is -0.933. The van der Waals surface area contributed by atoms with Crippen LogP contribution in [0.5, 0.6) is 0 Å². The third-order valence-corrected chi connectivity index (χ3v) is 3.13. The molecule has 1 fully saturated rings. The standard InChI is InChI=1S/C10H22NO.C2HF3O2/c1-3-9-12-10-11(4-2)7-5-6-8-11;3-2(4,5)1(6)7/h3-10H2,1-2H3;(H,6,7)/q+1;/p-1. The number of alkyl halides is 3. The Morgan fingerprint density at radius 1 is 1.26 bits per heavy atom. The van der Waals surface area contributed by atoms with Gasteiger partial charge in [0, 0.05) is 12.8 Å². The van der Waals surface area contributed by atoms with Gasteiger partial charge in [-0.1, -0.05) is 6.92 Å². The fourth-order valence-electron chi connectivity index (χ4n) is 1.95. The Kier molecular flexibility index (Phi) is 8.01. The molecule has 19 heavy (non-hydrogen) atoms. The van der Waals surface area contributed by atoms with Crippen LogP contribution in [0.2, 0.25) is 0 Å². The first kappa shape index (κ1) is 18.2. The van der Waals surface area contributed by atoms with E-state index in [1.807, 2.05) is 0 Å². The van der Waals surface area contributed by atoms with E-state index < -0.39 is 12.1 Å². The summed E-state index contributed by atoms with van der Waals surface area (Å²) in [6, 6.07) is 0. The number of quaternary nitrogens is 1. The van der Waals surface area contributed by atoms with E-state index in [2.05, 4.69) is 13.8 Å². The highest BCUT2D eigenvalue weighted by Gasteiger charge is 2.30. The zero-order chi connectivity index (χ0) is 14.9. The van der Waals surface area contributed by atoms with Gasteiger partial charge in [-0.05, 0) is 13.3 Å². The van der Waals surface area contributed by atoms with E-state index in [1.165, 1.54) is 37.0 Å². The molecule has 0 spiro atoms. The second-order valence-electron chi connectivity index (χ2n) is 4.63. The summed E-state index contributed by atoms with van der Waals surface area (Å²) < 4.78 is 38.4. The molecule has 1 rings (SSSR count). The number of halogens is 3. The number of hydrogen-bond acceptors (Lipinski definition) is 3. The summed E-state index contributed by atoms with van der Waals surface area (Å²) in [6.45, 7) is 10.2. The summed E-state index contributed by atoms with van der Waals surface area (Å²) in [5.74, 6) is -3.01. The molecule has 0 aromatic heterocycles. The number of aliphatic carboxylic acids is 1. The minimum absolute atomic E-state index is 0.931. The van der Waals surface area contributed by atoms with Crippen molar-refractivity contribution in [1.29, 1.82) is 0 Å². The van der Waals surface area contributed by atoms with E-state index in [9.17, 15) is 13.2 Å². The van der Waals surface area contributed by atoms with Crippen molar-refractivity contribution in [3.8, 4) is 0 Å². The summed E-state index contributed by atoms with van der Waals surface area (Å²) in [5.41, 5.74) is 0. The lowest BCUT2D eigenvalue weighted by Crippen LogP contribution is -2.46. The summed E-state index contributed by atoms with van der Waals surface area (Å²) in [6.07, 6.45) is -1.27. The molecular weight excluding hydrogens is 263 g/mol. The molecule has 7 heteroatoms. The van der Waals surface area contributed by atoms with Crippen LogP contribution in [-0.2, 0) is 9.53 Å². The quantitative estimate of drug-likeness (QED) is 0.565. The topological polar surface area (TPSA) is 49.4 Å². The Balaban J connectivity index is 0.000000399. The third kappa shape index (κ3) is 7.37. The second-order valence-corrected chi connectivity index (χ2v) is 4.63. The minimum atomic E-state index is -5.19. The van der Waals surface area contributed by atoms with E-state index >= 15 is 0 Å². The molecule has 1 saturated heterocycles. The first-order chi connectivity index (χ1) is 8.77. The first-order valence-electron chi connectivity index (χ1n) is 6.48. The number of carbonyl (C=O) groups excluding carboxylic acids is 1. The van der Waals surface area contributed by atoms with Gasteiger partial charge in [0.25, 0.3) is 0 Å². The molecule has 0 aliphatic carbocycles. The molecule has 114 valence electrons. The van der Waals surface area contributed by atoms with Gasteiger partial charge in [-0.25, -0.2) is 0 Å². The van der Waals surface area contributed by atoms with Crippen molar-refractivity contribution in [2.24, 2.45) is 0 Å². The third-order valence-electron chi connectivity index (χ3n) is 3.13. The molecule has 1 aliphatic rings. The van der Waals surface area contributed by atoms with Gasteiger partial charge in [-0.15, -0.1) is 0 Å². The molecule has 0 unspecified atom stereocenters. The molecular formula is C12H22F3NO3. The Hall–Kier alpha value is -0.820.